The Hall–Kier alpha value is -0.870. The third-order valence-electron chi connectivity index (χ3n) is 2.97. The molecule has 1 aliphatic heterocycles. The lowest BCUT2D eigenvalue weighted by Gasteiger charge is -2.19. The zero-order valence-electron chi connectivity index (χ0n) is 11.8. The van der Waals surface area contributed by atoms with Gasteiger partial charge in [0.2, 0.25) is 0 Å². The maximum absolute atomic E-state index is 5.60. The fourth-order valence-corrected chi connectivity index (χ4v) is 2.89. The van der Waals surface area contributed by atoms with Gasteiger partial charge in [-0.25, -0.2) is 0 Å². The average Bonchev–Trinajstić information content (AvgIpc) is 2.45. The summed E-state index contributed by atoms with van der Waals surface area (Å²) in [5, 5.41) is 3.46. The Morgan fingerprint density at radius 2 is 2.05 bits per heavy atom. The van der Waals surface area contributed by atoms with Crippen molar-refractivity contribution in [2.24, 2.45) is 5.92 Å². The summed E-state index contributed by atoms with van der Waals surface area (Å²) < 4.78 is 11.1. The number of benzene rings is 1. The molecule has 0 fully saturated rings. The molecule has 0 radical (unpaired) electrons. The second kappa shape index (κ2) is 7.65. The third kappa shape index (κ3) is 4.62. The molecule has 0 saturated heterocycles. The Kier molecular flexibility index (Phi) is 5.86. The van der Waals surface area contributed by atoms with Crippen molar-refractivity contribution in [2.45, 2.75) is 25.2 Å². The van der Waals surface area contributed by atoms with Crippen molar-refractivity contribution in [3.05, 3.63) is 18.2 Å². The Labute approximate surface area is 120 Å². The molecule has 1 atom stereocenters. The monoisotopic (exact) mass is 281 g/mol. The largest absolute Gasteiger partial charge is 0.486 e. The van der Waals surface area contributed by atoms with Crippen LogP contribution in [0.1, 0.15) is 20.3 Å². The highest BCUT2D eigenvalue weighted by Crippen LogP contribution is 2.34. The van der Waals surface area contributed by atoms with E-state index in [4.69, 9.17) is 9.47 Å². The molecule has 4 heteroatoms. The van der Waals surface area contributed by atoms with E-state index in [1.807, 2.05) is 17.8 Å². The van der Waals surface area contributed by atoms with Crippen LogP contribution in [0, 0.1) is 5.92 Å². The minimum Gasteiger partial charge on any atom is -0.486 e. The van der Waals surface area contributed by atoms with Gasteiger partial charge in [-0.05, 0) is 43.6 Å². The summed E-state index contributed by atoms with van der Waals surface area (Å²) in [5.74, 6) is 3.54. The lowest BCUT2D eigenvalue weighted by Crippen LogP contribution is -2.23. The first kappa shape index (κ1) is 14.5. The van der Waals surface area contributed by atoms with Gasteiger partial charge < -0.3 is 14.8 Å². The van der Waals surface area contributed by atoms with Gasteiger partial charge in [0.1, 0.15) is 13.2 Å². The highest BCUT2D eigenvalue weighted by molar-refractivity contribution is 7.99. The molecule has 1 aromatic carbocycles. The van der Waals surface area contributed by atoms with Gasteiger partial charge in [-0.2, -0.15) is 0 Å². The number of thioether (sulfide) groups is 1. The number of rotatable bonds is 7. The van der Waals surface area contributed by atoms with E-state index >= 15 is 0 Å². The molecule has 1 aromatic rings. The van der Waals surface area contributed by atoms with Crippen LogP contribution in [-0.4, -0.2) is 32.1 Å². The van der Waals surface area contributed by atoms with Gasteiger partial charge >= 0.3 is 0 Å². The van der Waals surface area contributed by atoms with E-state index in [1.54, 1.807) is 0 Å². The normalized spacial score (nSPS) is 15.3. The molecule has 0 amide bonds. The number of nitrogens with one attached hydrogen (secondary N) is 1. The predicted octanol–water partition coefficient (Wildman–Crippen LogP) is 3.19. The van der Waals surface area contributed by atoms with Crippen LogP contribution in [0.5, 0.6) is 11.5 Å². The molecule has 0 saturated carbocycles. The van der Waals surface area contributed by atoms with Gasteiger partial charge in [-0.1, -0.05) is 13.8 Å². The van der Waals surface area contributed by atoms with Crippen LogP contribution in [0.2, 0.25) is 0 Å². The number of hydrogen-bond donors (Lipinski definition) is 1. The molecule has 0 aliphatic carbocycles. The summed E-state index contributed by atoms with van der Waals surface area (Å²) in [6, 6.07) is 6.21. The molecular weight excluding hydrogens is 258 g/mol. The topological polar surface area (TPSA) is 30.5 Å². The van der Waals surface area contributed by atoms with Crippen molar-refractivity contribution < 1.29 is 9.47 Å². The van der Waals surface area contributed by atoms with Crippen LogP contribution in [0.4, 0.5) is 0 Å². The second-order valence-corrected chi connectivity index (χ2v) is 6.02. The van der Waals surface area contributed by atoms with Crippen molar-refractivity contribution in [3.8, 4) is 11.5 Å². The summed E-state index contributed by atoms with van der Waals surface area (Å²) in [7, 11) is 0. The maximum atomic E-state index is 5.60. The van der Waals surface area contributed by atoms with Crippen molar-refractivity contribution in [2.75, 3.05) is 32.1 Å². The Bertz CT molecular complexity index is 398. The van der Waals surface area contributed by atoms with E-state index in [9.17, 15) is 0 Å². The van der Waals surface area contributed by atoms with E-state index in [1.165, 1.54) is 11.3 Å². The van der Waals surface area contributed by atoms with Crippen molar-refractivity contribution in [1.29, 1.82) is 0 Å². The summed E-state index contributed by atoms with van der Waals surface area (Å²) in [5.41, 5.74) is 0. The fraction of sp³-hybridized carbons (Fsp3) is 0.600. The van der Waals surface area contributed by atoms with Crippen LogP contribution < -0.4 is 14.8 Å². The third-order valence-corrected chi connectivity index (χ3v) is 4.29. The van der Waals surface area contributed by atoms with Crippen LogP contribution in [0.25, 0.3) is 0 Å². The van der Waals surface area contributed by atoms with Gasteiger partial charge in [0.15, 0.2) is 11.5 Å². The first-order chi connectivity index (χ1) is 9.29. The van der Waals surface area contributed by atoms with Gasteiger partial charge in [-0.3, -0.25) is 0 Å². The highest BCUT2D eigenvalue weighted by Gasteiger charge is 2.12. The van der Waals surface area contributed by atoms with Crippen molar-refractivity contribution in [1.82, 2.24) is 5.32 Å². The number of ether oxygens (including phenoxy) is 2. The van der Waals surface area contributed by atoms with Crippen LogP contribution in [0.3, 0.4) is 0 Å². The second-order valence-electron chi connectivity index (χ2n) is 4.93. The minimum absolute atomic E-state index is 0.651. The molecule has 1 heterocycles. The van der Waals surface area contributed by atoms with Crippen molar-refractivity contribution >= 4 is 11.8 Å². The molecule has 1 aliphatic rings. The van der Waals surface area contributed by atoms with E-state index < -0.39 is 0 Å². The minimum atomic E-state index is 0.651. The number of hydrogen-bond acceptors (Lipinski definition) is 4. The summed E-state index contributed by atoms with van der Waals surface area (Å²) >= 11 is 1.88. The molecule has 1 unspecified atom stereocenters. The smallest absolute Gasteiger partial charge is 0.162 e. The predicted molar refractivity (Wildman–Crippen MR) is 80.5 cm³/mol. The fourth-order valence-electron chi connectivity index (χ4n) is 1.94. The lowest BCUT2D eigenvalue weighted by atomic mass is 10.2. The Morgan fingerprint density at radius 3 is 2.84 bits per heavy atom. The highest BCUT2D eigenvalue weighted by atomic mass is 32.2. The van der Waals surface area contributed by atoms with E-state index in [-0.39, 0.29) is 0 Å². The van der Waals surface area contributed by atoms with Gasteiger partial charge in [0.25, 0.3) is 0 Å². The lowest BCUT2D eigenvalue weighted by molar-refractivity contribution is 0.171. The molecule has 3 nitrogen and oxygen atoms in total. The first-order valence-electron chi connectivity index (χ1n) is 7.02. The van der Waals surface area contributed by atoms with E-state index in [0.717, 1.165) is 30.3 Å². The zero-order valence-corrected chi connectivity index (χ0v) is 12.6. The van der Waals surface area contributed by atoms with E-state index in [2.05, 4.69) is 31.3 Å². The molecule has 2 rings (SSSR count). The van der Waals surface area contributed by atoms with Crippen LogP contribution in [0.15, 0.2) is 23.1 Å². The van der Waals surface area contributed by atoms with Crippen molar-refractivity contribution in [3.63, 3.8) is 0 Å². The molecular formula is C15H23NO2S. The first-order valence-corrected chi connectivity index (χ1v) is 8.01. The molecule has 1 N–H and O–H groups in total. The van der Waals surface area contributed by atoms with Crippen LogP contribution in [-0.2, 0) is 0 Å². The Balaban J connectivity index is 1.79. The summed E-state index contributed by atoms with van der Waals surface area (Å²) in [4.78, 5) is 1.26. The zero-order chi connectivity index (χ0) is 13.5. The number of fused-ring (bicyclic) bond motifs is 1. The maximum Gasteiger partial charge on any atom is 0.162 e. The molecule has 106 valence electrons. The van der Waals surface area contributed by atoms with Gasteiger partial charge in [0, 0.05) is 10.6 Å². The van der Waals surface area contributed by atoms with Crippen LogP contribution >= 0.6 is 11.8 Å². The molecule has 19 heavy (non-hydrogen) atoms. The summed E-state index contributed by atoms with van der Waals surface area (Å²) in [6.45, 7) is 7.98. The van der Waals surface area contributed by atoms with E-state index in [0.29, 0.717) is 19.1 Å². The molecule has 0 spiro atoms. The Morgan fingerprint density at radius 1 is 1.26 bits per heavy atom. The average molecular weight is 281 g/mol. The van der Waals surface area contributed by atoms with Gasteiger partial charge in [0.05, 0.1) is 0 Å². The SMILES string of the molecule is CCCNCC(C)CSc1ccc2c(c1)OCCO2. The molecule has 0 bridgehead atoms. The molecule has 0 aromatic heterocycles. The quantitative estimate of drug-likeness (QED) is 0.614. The summed E-state index contributed by atoms with van der Waals surface area (Å²) in [6.07, 6.45) is 1.20. The van der Waals surface area contributed by atoms with Gasteiger partial charge in [-0.15, -0.1) is 11.8 Å². The standard InChI is InChI=1S/C15H23NO2S/c1-3-6-16-10-12(2)11-19-13-4-5-14-15(9-13)18-8-7-17-14/h4-5,9,12,16H,3,6-8,10-11H2,1-2H3.